The topological polar surface area (TPSA) is 37.2 Å². The summed E-state index contributed by atoms with van der Waals surface area (Å²) in [5, 5.41) is 6.67. The average molecular weight is 152 g/mol. The summed E-state index contributed by atoms with van der Waals surface area (Å²) in [6.07, 6.45) is 1.71. The van der Waals surface area contributed by atoms with Gasteiger partial charge < -0.3 is 15.1 Å². The first-order chi connectivity index (χ1) is 5.47. The van der Waals surface area contributed by atoms with Crippen molar-refractivity contribution >= 4 is 0 Å². The van der Waals surface area contributed by atoms with Gasteiger partial charge in [0.05, 0.1) is 12.3 Å². The van der Waals surface area contributed by atoms with Gasteiger partial charge >= 0.3 is 0 Å². The number of hydrogen-bond donors (Lipinski definition) is 2. The van der Waals surface area contributed by atoms with Crippen LogP contribution in [0.15, 0.2) is 22.8 Å². The van der Waals surface area contributed by atoms with Crippen LogP contribution in [0.25, 0.3) is 0 Å². The van der Waals surface area contributed by atoms with Gasteiger partial charge in [-0.3, -0.25) is 0 Å². The minimum Gasteiger partial charge on any atom is -0.468 e. The van der Waals surface area contributed by atoms with Gasteiger partial charge in [0.1, 0.15) is 5.76 Å². The Bertz CT molecular complexity index is 202. The van der Waals surface area contributed by atoms with E-state index in [0.717, 1.165) is 25.4 Å². The maximum Gasteiger partial charge on any atom is 0.121 e. The van der Waals surface area contributed by atoms with Crippen molar-refractivity contribution in [1.29, 1.82) is 0 Å². The van der Waals surface area contributed by atoms with Crippen molar-refractivity contribution in [2.75, 3.05) is 19.6 Å². The normalized spacial score (nSPS) is 25.3. The van der Waals surface area contributed by atoms with Gasteiger partial charge in [-0.05, 0) is 12.1 Å². The van der Waals surface area contributed by atoms with E-state index in [-0.39, 0.29) is 0 Å². The Morgan fingerprint density at radius 2 is 2.45 bits per heavy atom. The Labute approximate surface area is 65.8 Å². The molecule has 60 valence electrons. The maximum absolute atomic E-state index is 5.27. The smallest absolute Gasteiger partial charge is 0.121 e. The van der Waals surface area contributed by atoms with Gasteiger partial charge in [-0.25, -0.2) is 0 Å². The molecule has 0 radical (unpaired) electrons. The van der Waals surface area contributed by atoms with E-state index < -0.39 is 0 Å². The molecule has 1 atom stereocenters. The van der Waals surface area contributed by atoms with Crippen LogP contribution < -0.4 is 10.6 Å². The molecule has 1 aliphatic heterocycles. The summed E-state index contributed by atoms with van der Waals surface area (Å²) in [5.41, 5.74) is 0. The molecular formula is C8H12N2O. The van der Waals surface area contributed by atoms with Crippen LogP contribution in [-0.4, -0.2) is 19.6 Å². The zero-order valence-electron chi connectivity index (χ0n) is 6.34. The van der Waals surface area contributed by atoms with Crippen LogP contribution in [0.4, 0.5) is 0 Å². The summed E-state index contributed by atoms with van der Waals surface area (Å²) in [6.45, 7) is 3.04. The fourth-order valence-electron chi connectivity index (χ4n) is 1.34. The molecule has 0 aliphatic carbocycles. The molecule has 1 saturated heterocycles. The second-order valence-electron chi connectivity index (χ2n) is 2.73. The second kappa shape index (κ2) is 3.07. The summed E-state index contributed by atoms with van der Waals surface area (Å²) in [7, 11) is 0. The van der Waals surface area contributed by atoms with E-state index in [2.05, 4.69) is 10.6 Å². The number of nitrogens with one attached hydrogen (secondary N) is 2. The maximum atomic E-state index is 5.27. The highest BCUT2D eigenvalue weighted by Gasteiger charge is 2.15. The molecule has 1 aromatic heterocycles. The van der Waals surface area contributed by atoms with Gasteiger partial charge in [-0.2, -0.15) is 0 Å². The van der Waals surface area contributed by atoms with E-state index in [1.54, 1.807) is 6.26 Å². The lowest BCUT2D eigenvalue weighted by molar-refractivity contribution is 0.363. The Morgan fingerprint density at radius 1 is 1.45 bits per heavy atom. The summed E-state index contributed by atoms with van der Waals surface area (Å²) in [5.74, 6) is 1.03. The van der Waals surface area contributed by atoms with Crippen molar-refractivity contribution in [3.8, 4) is 0 Å². The number of furan rings is 1. The zero-order valence-corrected chi connectivity index (χ0v) is 6.34. The first-order valence-corrected chi connectivity index (χ1v) is 3.94. The molecule has 0 aromatic carbocycles. The molecule has 0 saturated carbocycles. The van der Waals surface area contributed by atoms with E-state index >= 15 is 0 Å². The molecule has 1 aromatic rings. The third-order valence-corrected chi connectivity index (χ3v) is 1.93. The SMILES string of the molecule is c1coc([C@H]2CNCCN2)c1. The van der Waals surface area contributed by atoms with Crippen LogP contribution in [0.2, 0.25) is 0 Å². The van der Waals surface area contributed by atoms with Crippen molar-refractivity contribution < 1.29 is 4.42 Å². The third-order valence-electron chi connectivity index (χ3n) is 1.93. The summed E-state index contributed by atoms with van der Waals surface area (Å²) in [4.78, 5) is 0. The molecule has 0 spiro atoms. The molecule has 3 nitrogen and oxygen atoms in total. The fraction of sp³-hybridized carbons (Fsp3) is 0.500. The molecule has 0 unspecified atom stereocenters. The van der Waals surface area contributed by atoms with Crippen LogP contribution in [0.1, 0.15) is 11.8 Å². The first-order valence-electron chi connectivity index (χ1n) is 3.94. The lowest BCUT2D eigenvalue weighted by atomic mass is 10.2. The van der Waals surface area contributed by atoms with Gasteiger partial charge in [-0.1, -0.05) is 0 Å². The molecule has 2 heterocycles. The molecule has 1 fully saturated rings. The monoisotopic (exact) mass is 152 g/mol. The summed E-state index contributed by atoms with van der Waals surface area (Å²) < 4.78 is 5.27. The molecule has 1 aliphatic rings. The molecular weight excluding hydrogens is 140 g/mol. The predicted octanol–water partition coefficient (Wildman–Crippen LogP) is 0.513. The van der Waals surface area contributed by atoms with Crippen LogP contribution in [0.5, 0.6) is 0 Å². The van der Waals surface area contributed by atoms with Gasteiger partial charge in [-0.15, -0.1) is 0 Å². The highest BCUT2D eigenvalue weighted by Crippen LogP contribution is 2.13. The lowest BCUT2D eigenvalue weighted by Gasteiger charge is -2.22. The van der Waals surface area contributed by atoms with Crippen LogP contribution in [-0.2, 0) is 0 Å². The summed E-state index contributed by atoms with van der Waals surface area (Å²) >= 11 is 0. The van der Waals surface area contributed by atoms with Crippen molar-refractivity contribution in [2.45, 2.75) is 6.04 Å². The van der Waals surface area contributed by atoms with E-state index in [9.17, 15) is 0 Å². The van der Waals surface area contributed by atoms with Crippen molar-refractivity contribution in [1.82, 2.24) is 10.6 Å². The quantitative estimate of drug-likeness (QED) is 0.615. The standard InChI is InChI=1S/C8H12N2O/c1-2-8(11-5-1)7-6-9-3-4-10-7/h1-2,5,7,9-10H,3-4,6H2/t7-/m1/s1. The number of piperazine rings is 1. The lowest BCUT2D eigenvalue weighted by Crippen LogP contribution is -2.42. The highest BCUT2D eigenvalue weighted by atomic mass is 16.3. The van der Waals surface area contributed by atoms with E-state index in [1.165, 1.54) is 0 Å². The van der Waals surface area contributed by atoms with Gasteiger partial charge in [0, 0.05) is 19.6 Å². The molecule has 2 rings (SSSR count). The van der Waals surface area contributed by atoms with Crippen LogP contribution in [0, 0.1) is 0 Å². The molecule has 3 heteroatoms. The minimum atomic E-state index is 0.360. The highest BCUT2D eigenvalue weighted by molar-refractivity contribution is 5.05. The van der Waals surface area contributed by atoms with E-state index in [0.29, 0.717) is 6.04 Å². The molecule has 11 heavy (non-hydrogen) atoms. The molecule has 2 N–H and O–H groups in total. The number of hydrogen-bond acceptors (Lipinski definition) is 3. The van der Waals surface area contributed by atoms with E-state index in [1.807, 2.05) is 12.1 Å². The van der Waals surface area contributed by atoms with Gasteiger partial charge in [0.25, 0.3) is 0 Å². The van der Waals surface area contributed by atoms with Gasteiger partial charge in [0.2, 0.25) is 0 Å². The second-order valence-corrected chi connectivity index (χ2v) is 2.73. The van der Waals surface area contributed by atoms with Crippen molar-refractivity contribution in [3.05, 3.63) is 24.2 Å². The largest absolute Gasteiger partial charge is 0.468 e. The summed E-state index contributed by atoms with van der Waals surface area (Å²) in [6, 6.07) is 4.29. The van der Waals surface area contributed by atoms with Crippen LogP contribution >= 0.6 is 0 Å². The first kappa shape index (κ1) is 6.88. The zero-order chi connectivity index (χ0) is 7.52. The fourth-order valence-corrected chi connectivity index (χ4v) is 1.34. The Hall–Kier alpha value is -0.800. The Morgan fingerprint density at radius 3 is 3.09 bits per heavy atom. The van der Waals surface area contributed by atoms with Crippen molar-refractivity contribution in [2.24, 2.45) is 0 Å². The van der Waals surface area contributed by atoms with Gasteiger partial charge in [0.15, 0.2) is 0 Å². The van der Waals surface area contributed by atoms with Crippen LogP contribution in [0.3, 0.4) is 0 Å². The third kappa shape index (κ3) is 1.44. The average Bonchev–Trinajstić information content (AvgIpc) is 2.58. The molecule has 0 bridgehead atoms. The van der Waals surface area contributed by atoms with Crippen molar-refractivity contribution in [3.63, 3.8) is 0 Å². The Balaban J connectivity index is 2.04. The minimum absolute atomic E-state index is 0.360. The Kier molecular flexibility index (Phi) is 1.92. The predicted molar refractivity (Wildman–Crippen MR) is 42.3 cm³/mol. The van der Waals surface area contributed by atoms with E-state index in [4.69, 9.17) is 4.42 Å². The molecule has 0 amide bonds. The number of rotatable bonds is 1.